The number of nitrogens with zero attached hydrogens (tertiary/aromatic N) is 2. The predicted molar refractivity (Wildman–Crippen MR) is 113 cm³/mol. The number of alkyl halides is 3. The van der Waals surface area contributed by atoms with E-state index in [1.807, 2.05) is 4.90 Å². The van der Waals surface area contributed by atoms with Crippen LogP contribution in [0.1, 0.15) is 38.2 Å². The molecule has 1 aromatic carbocycles. The van der Waals surface area contributed by atoms with Gasteiger partial charge in [0.15, 0.2) is 0 Å². The van der Waals surface area contributed by atoms with E-state index in [1.165, 1.54) is 24.6 Å². The molecule has 2 amide bonds. The van der Waals surface area contributed by atoms with Crippen LogP contribution in [0, 0.1) is 5.92 Å². The van der Waals surface area contributed by atoms with Gasteiger partial charge in [-0.25, -0.2) is 0 Å². The fourth-order valence-electron chi connectivity index (χ4n) is 4.32. The summed E-state index contributed by atoms with van der Waals surface area (Å²) in [6, 6.07) is 5.22. The van der Waals surface area contributed by atoms with Crippen molar-refractivity contribution < 1.29 is 22.8 Å². The molecule has 31 heavy (non-hydrogen) atoms. The molecule has 172 valence electrons. The summed E-state index contributed by atoms with van der Waals surface area (Å²) in [5.41, 5.74) is -1.08. The highest BCUT2D eigenvalue weighted by atomic mass is 19.4. The van der Waals surface area contributed by atoms with Crippen molar-refractivity contribution in [3.63, 3.8) is 0 Å². The molecule has 0 radical (unpaired) electrons. The van der Waals surface area contributed by atoms with Crippen LogP contribution in [0.4, 0.5) is 18.9 Å². The topological polar surface area (TPSA) is 64.7 Å². The SMILES string of the molecule is C[C@H]1CCCC[C@@H]1NC(=O)CN1CCN(CC(=O)Nc2ccccc2C(F)(F)F)CC1. The number of carbonyl (C=O) groups excluding carboxylic acids is 2. The van der Waals surface area contributed by atoms with Gasteiger partial charge in [0, 0.05) is 32.2 Å². The zero-order valence-corrected chi connectivity index (χ0v) is 17.9. The third kappa shape index (κ3) is 6.93. The van der Waals surface area contributed by atoms with Crippen molar-refractivity contribution in [1.82, 2.24) is 15.1 Å². The number of halogens is 3. The first kappa shape index (κ1) is 23.5. The van der Waals surface area contributed by atoms with Gasteiger partial charge < -0.3 is 10.6 Å². The van der Waals surface area contributed by atoms with Crippen molar-refractivity contribution in [1.29, 1.82) is 0 Å². The number of amides is 2. The molecule has 1 saturated heterocycles. The number of nitrogens with one attached hydrogen (secondary N) is 2. The van der Waals surface area contributed by atoms with Crippen LogP contribution in [0.2, 0.25) is 0 Å². The van der Waals surface area contributed by atoms with Gasteiger partial charge >= 0.3 is 6.18 Å². The first-order valence-corrected chi connectivity index (χ1v) is 10.9. The van der Waals surface area contributed by atoms with Crippen LogP contribution in [-0.4, -0.2) is 66.9 Å². The zero-order chi connectivity index (χ0) is 22.4. The van der Waals surface area contributed by atoms with Gasteiger partial charge in [0.1, 0.15) is 0 Å². The highest BCUT2D eigenvalue weighted by molar-refractivity contribution is 5.93. The van der Waals surface area contributed by atoms with E-state index in [-0.39, 0.29) is 24.2 Å². The Bertz CT molecular complexity index is 763. The molecule has 1 aromatic rings. The second-order valence-electron chi connectivity index (χ2n) is 8.58. The molecular weight excluding hydrogens is 409 g/mol. The average Bonchev–Trinajstić information content (AvgIpc) is 2.71. The molecule has 2 fully saturated rings. The number of hydrogen-bond donors (Lipinski definition) is 2. The lowest BCUT2D eigenvalue weighted by atomic mass is 9.86. The van der Waals surface area contributed by atoms with E-state index < -0.39 is 17.6 Å². The molecule has 0 aromatic heterocycles. The summed E-state index contributed by atoms with van der Waals surface area (Å²) in [5, 5.41) is 5.53. The Morgan fingerprint density at radius 1 is 0.968 bits per heavy atom. The van der Waals surface area contributed by atoms with Crippen molar-refractivity contribution in [2.24, 2.45) is 5.92 Å². The third-order valence-electron chi connectivity index (χ3n) is 6.16. The molecule has 6 nitrogen and oxygen atoms in total. The molecular formula is C22H31F3N4O2. The number of para-hydroxylation sites is 1. The van der Waals surface area contributed by atoms with Gasteiger partial charge in [-0.05, 0) is 30.9 Å². The molecule has 1 heterocycles. The first-order valence-electron chi connectivity index (χ1n) is 10.9. The second kappa shape index (κ2) is 10.5. The maximum atomic E-state index is 13.1. The summed E-state index contributed by atoms with van der Waals surface area (Å²) in [5.74, 6) is 0.0680. The van der Waals surface area contributed by atoms with Gasteiger partial charge in [-0.15, -0.1) is 0 Å². The minimum absolute atomic E-state index is 0.0197. The molecule has 9 heteroatoms. The maximum Gasteiger partial charge on any atom is 0.418 e. The van der Waals surface area contributed by atoms with Gasteiger partial charge in [0.05, 0.1) is 24.3 Å². The third-order valence-corrected chi connectivity index (χ3v) is 6.16. The second-order valence-corrected chi connectivity index (χ2v) is 8.58. The van der Waals surface area contributed by atoms with Crippen LogP contribution in [-0.2, 0) is 15.8 Å². The van der Waals surface area contributed by atoms with Crippen LogP contribution in [0.5, 0.6) is 0 Å². The number of carbonyl (C=O) groups is 2. The quantitative estimate of drug-likeness (QED) is 0.714. The Kier molecular flexibility index (Phi) is 7.94. The molecule has 1 saturated carbocycles. The van der Waals surface area contributed by atoms with Crippen molar-refractivity contribution in [3.05, 3.63) is 29.8 Å². The Morgan fingerprint density at radius 2 is 1.55 bits per heavy atom. The Labute approximate surface area is 181 Å². The maximum absolute atomic E-state index is 13.1. The van der Waals surface area contributed by atoms with E-state index in [0.29, 0.717) is 38.6 Å². The normalized spacial score (nSPS) is 23.4. The van der Waals surface area contributed by atoms with Crippen LogP contribution in [0.3, 0.4) is 0 Å². The molecule has 0 unspecified atom stereocenters. The summed E-state index contributed by atoms with van der Waals surface area (Å²) in [4.78, 5) is 28.6. The smallest absolute Gasteiger partial charge is 0.352 e. The first-order chi connectivity index (χ1) is 14.7. The van der Waals surface area contributed by atoms with Crippen molar-refractivity contribution in [2.45, 2.75) is 44.8 Å². The largest absolute Gasteiger partial charge is 0.418 e. The van der Waals surface area contributed by atoms with E-state index in [2.05, 4.69) is 22.5 Å². The lowest BCUT2D eigenvalue weighted by Gasteiger charge is -2.35. The fourth-order valence-corrected chi connectivity index (χ4v) is 4.32. The number of rotatable bonds is 6. The van der Waals surface area contributed by atoms with E-state index in [4.69, 9.17) is 0 Å². The van der Waals surface area contributed by atoms with Crippen molar-refractivity contribution in [2.75, 3.05) is 44.6 Å². The van der Waals surface area contributed by atoms with Gasteiger partial charge in [0.2, 0.25) is 11.8 Å². The van der Waals surface area contributed by atoms with Gasteiger partial charge in [-0.1, -0.05) is 31.9 Å². The summed E-state index contributed by atoms with van der Waals surface area (Å²) in [6.45, 7) is 4.98. The molecule has 2 N–H and O–H groups in total. The van der Waals surface area contributed by atoms with Crippen LogP contribution in [0.15, 0.2) is 24.3 Å². The summed E-state index contributed by atoms with van der Waals surface area (Å²) < 4.78 is 39.2. The molecule has 2 atom stereocenters. The van der Waals surface area contributed by atoms with E-state index in [9.17, 15) is 22.8 Å². The van der Waals surface area contributed by atoms with Crippen LogP contribution >= 0.6 is 0 Å². The van der Waals surface area contributed by atoms with Gasteiger partial charge in [0.25, 0.3) is 0 Å². The summed E-state index contributed by atoms with van der Waals surface area (Å²) >= 11 is 0. The van der Waals surface area contributed by atoms with Crippen LogP contribution in [0.25, 0.3) is 0 Å². The van der Waals surface area contributed by atoms with Gasteiger partial charge in [-0.2, -0.15) is 13.2 Å². The standard InChI is InChI=1S/C22H31F3N4O2/c1-16-6-2-4-8-18(16)26-20(30)14-28-10-12-29(13-11-28)15-21(31)27-19-9-5-3-7-17(19)22(23,24)25/h3,5,7,9,16,18H,2,4,6,8,10-15H2,1H3,(H,26,30)(H,27,31)/t16-,18-/m0/s1. The number of hydrogen-bond acceptors (Lipinski definition) is 4. The summed E-state index contributed by atoms with van der Waals surface area (Å²) in [7, 11) is 0. The van der Waals surface area contributed by atoms with Crippen molar-refractivity contribution in [3.8, 4) is 0 Å². The minimum Gasteiger partial charge on any atom is -0.352 e. The summed E-state index contributed by atoms with van der Waals surface area (Å²) in [6.07, 6.45) is 0.0478. The number of benzene rings is 1. The van der Waals surface area contributed by atoms with E-state index in [0.717, 1.165) is 25.3 Å². The van der Waals surface area contributed by atoms with Gasteiger partial charge in [-0.3, -0.25) is 19.4 Å². The van der Waals surface area contributed by atoms with Crippen LogP contribution < -0.4 is 10.6 Å². The highest BCUT2D eigenvalue weighted by Crippen LogP contribution is 2.34. The molecule has 1 aliphatic heterocycles. The lowest BCUT2D eigenvalue weighted by Crippen LogP contribution is -2.52. The van der Waals surface area contributed by atoms with E-state index >= 15 is 0 Å². The average molecular weight is 441 g/mol. The number of piperazine rings is 1. The van der Waals surface area contributed by atoms with E-state index in [1.54, 1.807) is 0 Å². The monoisotopic (exact) mass is 440 g/mol. The zero-order valence-electron chi connectivity index (χ0n) is 17.9. The number of anilines is 1. The Hall–Kier alpha value is -2.13. The molecule has 3 rings (SSSR count). The molecule has 2 aliphatic rings. The van der Waals surface area contributed by atoms with Crippen molar-refractivity contribution >= 4 is 17.5 Å². The molecule has 0 spiro atoms. The highest BCUT2D eigenvalue weighted by Gasteiger charge is 2.33. The molecule has 0 bridgehead atoms. The minimum atomic E-state index is -4.52. The Morgan fingerprint density at radius 3 is 2.16 bits per heavy atom. The molecule has 1 aliphatic carbocycles. The Balaban J connectivity index is 1.41. The predicted octanol–water partition coefficient (Wildman–Crippen LogP) is 2.96. The fraction of sp³-hybridized carbons (Fsp3) is 0.636. The lowest BCUT2D eigenvalue weighted by molar-refractivity contribution is -0.137.